The molecule has 2 aromatic rings. The second kappa shape index (κ2) is 11.5. The van der Waals surface area contributed by atoms with Gasteiger partial charge in [-0.15, -0.1) is 0 Å². The van der Waals surface area contributed by atoms with Crippen LogP contribution >= 0.6 is 0 Å². The highest BCUT2D eigenvalue weighted by Gasteiger charge is 2.39. The lowest BCUT2D eigenvalue weighted by Gasteiger charge is -2.35. The minimum atomic E-state index is -1.08. The average molecular weight is 521 g/mol. The molecule has 3 amide bonds. The second-order valence-corrected chi connectivity index (χ2v) is 8.74. The molecule has 2 aromatic carbocycles. The van der Waals surface area contributed by atoms with Crippen LogP contribution in [-0.2, 0) is 9.47 Å². The first-order valence-corrected chi connectivity index (χ1v) is 11.8. The van der Waals surface area contributed by atoms with Gasteiger partial charge in [0.2, 0.25) is 0 Å². The van der Waals surface area contributed by atoms with Crippen LogP contribution in [0.3, 0.4) is 0 Å². The van der Waals surface area contributed by atoms with Crippen molar-refractivity contribution < 1.29 is 37.0 Å². The summed E-state index contributed by atoms with van der Waals surface area (Å²) in [5.41, 5.74) is 1.05. The predicted octanol–water partition coefficient (Wildman–Crippen LogP) is 3.35. The molecule has 4 rings (SSSR count). The summed E-state index contributed by atoms with van der Waals surface area (Å²) < 4.78 is 50.2. The van der Waals surface area contributed by atoms with E-state index in [-0.39, 0.29) is 30.3 Å². The Morgan fingerprint density at radius 1 is 1.05 bits per heavy atom. The number of benzene rings is 2. The molecule has 198 valence electrons. The number of amides is 3. The molecule has 0 unspecified atom stereocenters. The topological polar surface area (TPSA) is 100 Å². The van der Waals surface area contributed by atoms with Gasteiger partial charge in [-0.1, -0.05) is 6.07 Å². The molecule has 2 saturated heterocycles. The van der Waals surface area contributed by atoms with Crippen LogP contribution in [0.25, 0.3) is 0 Å². The number of hydrogen-bond acceptors (Lipinski definition) is 7. The molecule has 2 heterocycles. The van der Waals surface area contributed by atoms with Gasteiger partial charge in [0, 0.05) is 32.2 Å². The highest BCUT2D eigenvalue weighted by Crippen LogP contribution is 2.29. The normalized spacial score (nSPS) is 18.1. The first kappa shape index (κ1) is 26.3. The van der Waals surface area contributed by atoms with Crippen molar-refractivity contribution in [1.29, 1.82) is 0 Å². The molecule has 2 fully saturated rings. The SMILES string of the molecule is COC(=O)c1cc(F)ccc1N1CCC(NCCNC(=O)N2C(=O)OC[C@@H]2c2ccc(F)c(F)c2)CC1. The van der Waals surface area contributed by atoms with E-state index >= 15 is 0 Å². The molecule has 0 saturated carbocycles. The first-order valence-electron chi connectivity index (χ1n) is 11.8. The van der Waals surface area contributed by atoms with Gasteiger partial charge < -0.3 is 25.0 Å². The molecule has 0 radical (unpaired) electrons. The predicted molar refractivity (Wildman–Crippen MR) is 127 cm³/mol. The fourth-order valence-corrected chi connectivity index (χ4v) is 4.52. The molecule has 2 aliphatic heterocycles. The van der Waals surface area contributed by atoms with Crippen molar-refractivity contribution in [2.45, 2.75) is 24.9 Å². The van der Waals surface area contributed by atoms with Crippen LogP contribution in [0.1, 0.15) is 34.8 Å². The summed E-state index contributed by atoms with van der Waals surface area (Å²) in [5, 5.41) is 5.99. The molecule has 2 aliphatic rings. The van der Waals surface area contributed by atoms with Gasteiger partial charge in [-0.05, 0) is 48.7 Å². The third kappa shape index (κ3) is 5.96. The lowest BCUT2D eigenvalue weighted by Crippen LogP contribution is -2.47. The zero-order valence-corrected chi connectivity index (χ0v) is 20.1. The van der Waals surface area contributed by atoms with Crippen molar-refractivity contribution in [2.75, 3.05) is 44.8 Å². The number of cyclic esters (lactones) is 1. The number of rotatable bonds is 7. The van der Waals surface area contributed by atoms with Crippen LogP contribution in [0.4, 0.5) is 28.4 Å². The Morgan fingerprint density at radius 2 is 1.81 bits per heavy atom. The Labute approximate surface area is 211 Å². The number of carbonyl (C=O) groups is 3. The molecule has 0 aromatic heterocycles. The van der Waals surface area contributed by atoms with E-state index in [1.54, 1.807) is 6.07 Å². The number of nitrogens with one attached hydrogen (secondary N) is 2. The standard InChI is InChI=1S/C25H27F3N4O5/c1-36-23(33)18-13-16(26)3-5-21(18)31-10-6-17(7-11-31)29-8-9-30-24(34)32-22(14-37-25(32)35)15-2-4-19(27)20(28)12-15/h2-5,12-13,17,22,29H,6-11,14H2,1H3,(H,30,34)/t22-/m1/s1. The lowest BCUT2D eigenvalue weighted by molar-refractivity contribution is 0.0600. The smallest absolute Gasteiger partial charge is 0.418 e. The van der Waals surface area contributed by atoms with Gasteiger partial charge in [-0.2, -0.15) is 0 Å². The van der Waals surface area contributed by atoms with E-state index in [2.05, 4.69) is 10.6 Å². The summed E-state index contributed by atoms with van der Waals surface area (Å²) in [4.78, 5) is 39.6. The number of halogens is 3. The van der Waals surface area contributed by atoms with E-state index < -0.39 is 41.6 Å². The maximum absolute atomic E-state index is 13.6. The van der Waals surface area contributed by atoms with Gasteiger partial charge in [-0.25, -0.2) is 32.5 Å². The maximum Gasteiger partial charge on any atom is 0.418 e. The fraction of sp³-hybridized carbons (Fsp3) is 0.400. The van der Waals surface area contributed by atoms with Gasteiger partial charge in [0.25, 0.3) is 0 Å². The number of esters is 1. The molecule has 2 N–H and O–H groups in total. The molecule has 0 spiro atoms. The van der Waals surface area contributed by atoms with Crippen LogP contribution in [-0.4, -0.2) is 68.9 Å². The number of carbonyl (C=O) groups excluding carboxylic acids is 3. The van der Waals surface area contributed by atoms with Crippen LogP contribution in [0.5, 0.6) is 0 Å². The molecular formula is C25H27F3N4O5. The highest BCUT2D eigenvalue weighted by atomic mass is 19.2. The number of anilines is 1. The van der Waals surface area contributed by atoms with Crippen LogP contribution in [0.15, 0.2) is 36.4 Å². The van der Waals surface area contributed by atoms with E-state index in [0.29, 0.717) is 25.3 Å². The quantitative estimate of drug-likeness (QED) is 0.427. The third-order valence-electron chi connectivity index (χ3n) is 6.45. The monoisotopic (exact) mass is 520 g/mol. The molecule has 37 heavy (non-hydrogen) atoms. The van der Waals surface area contributed by atoms with Crippen molar-refractivity contribution in [3.05, 3.63) is 65.0 Å². The van der Waals surface area contributed by atoms with Crippen molar-refractivity contribution in [1.82, 2.24) is 15.5 Å². The molecule has 9 nitrogen and oxygen atoms in total. The summed E-state index contributed by atoms with van der Waals surface area (Å²) in [5.74, 6) is -3.21. The fourth-order valence-electron chi connectivity index (χ4n) is 4.52. The average Bonchev–Trinajstić information content (AvgIpc) is 3.29. The Morgan fingerprint density at radius 3 is 2.51 bits per heavy atom. The zero-order chi connectivity index (χ0) is 26.5. The second-order valence-electron chi connectivity index (χ2n) is 8.74. The molecule has 12 heteroatoms. The number of imide groups is 1. The minimum absolute atomic E-state index is 0.153. The van der Waals surface area contributed by atoms with Gasteiger partial charge in [-0.3, -0.25) is 0 Å². The number of methoxy groups -OCH3 is 1. The number of ether oxygens (including phenoxy) is 2. The molecule has 0 aliphatic carbocycles. The molecule has 0 bridgehead atoms. The van der Waals surface area contributed by atoms with Crippen molar-refractivity contribution in [2.24, 2.45) is 0 Å². The van der Waals surface area contributed by atoms with Gasteiger partial charge in [0.15, 0.2) is 11.6 Å². The number of piperidine rings is 1. The number of hydrogen-bond donors (Lipinski definition) is 2. The Hall–Kier alpha value is -3.80. The molecular weight excluding hydrogens is 493 g/mol. The van der Waals surface area contributed by atoms with Gasteiger partial charge in [0.1, 0.15) is 18.5 Å². The Kier molecular flexibility index (Phi) is 8.17. The largest absolute Gasteiger partial charge is 0.465 e. The number of nitrogens with zero attached hydrogens (tertiary/aromatic N) is 2. The minimum Gasteiger partial charge on any atom is -0.465 e. The van der Waals surface area contributed by atoms with Crippen LogP contribution in [0.2, 0.25) is 0 Å². The lowest BCUT2D eigenvalue weighted by atomic mass is 10.0. The van der Waals surface area contributed by atoms with Crippen molar-refractivity contribution >= 4 is 23.8 Å². The van der Waals surface area contributed by atoms with Crippen LogP contribution < -0.4 is 15.5 Å². The Balaban J connectivity index is 1.24. The van der Waals surface area contributed by atoms with Gasteiger partial charge in [0.05, 0.1) is 18.4 Å². The Bertz CT molecular complexity index is 1170. The first-order chi connectivity index (χ1) is 17.8. The van der Waals surface area contributed by atoms with Gasteiger partial charge >= 0.3 is 18.1 Å². The number of urea groups is 1. The molecule has 1 atom stereocenters. The van der Waals surface area contributed by atoms with E-state index in [1.807, 2.05) is 4.90 Å². The highest BCUT2D eigenvalue weighted by molar-refractivity contribution is 5.96. The van der Waals surface area contributed by atoms with E-state index in [0.717, 1.165) is 29.9 Å². The summed E-state index contributed by atoms with van der Waals surface area (Å²) in [6.45, 7) is 1.77. The maximum atomic E-state index is 13.6. The summed E-state index contributed by atoms with van der Waals surface area (Å²) >= 11 is 0. The zero-order valence-electron chi connectivity index (χ0n) is 20.1. The van der Waals surface area contributed by atoms with Crippen molar-refractivity contribution in [3.8, 4) is 0 Å². The van der Waals surface area contributed by atoms with E-state index in [1.165, 1.54) is 25.3 Å². The summed E-state index contributed by atoms with van der Waals surface area (Å²) in [6, 6.07) is 5.83. The summed E-state index contributed by atoms with van der Waals surface area (Å²) in [6.07, 6.45) is 0.644. The van der Waals surface area contributed by atoms with E-state index in [4.69, 9.17) is 9.47 Å². The third-order valence-corrected chi connectivity index (χ3v) is 6.45. The van der Waals surface area contributed by atoms with Crippen LogP contribution in [0, 0.1) is 17.5 Å². The van der Waals surface area contributed by atoms with Crippen molar-refractivity contribution in [3.63, 3.8) is 0 Å². The summed E-state index contributed by atoms with van der Waals surface area (Å²) in [7, 11) is 1.25. The van der Waals surface area contributed by atoms with E-state index in [9.17, 15) is 27.6 Å².